The normalized spacial score (nSPS) is 19.0. The third-order valence-corrected chi connectivity index (χ3v) is 8.06. The Morgan fingerprint density at radius 3 is 2.73 bits per heavy atom. The molecule has 2 atom stereocenters. The zero-order valence-electron chi connectivity index (χ0n) is 23.8. The van der Waals surface area contributed by atoms with Gasteiger partial charge >= 0.3 is 6.09 Å². The minimum absolute atomic E-state index is 0.0207. The molecule has 2 aliphatic heterocycles. The van der Waals surface area contributed by atoms with Crippen molar-refractivity contribution in [1.82, 2.24) is 29.6 Å². The lowest BCUT2D eigenvalue weighted by Crippen LogP contribution is -2.41. The number of hydrogen-bond acceptors (Lipinski definition) is 10. The van der Waals surface area contributed by atoms with Gasteiger partial charge in [-0.2, -0.15) is 10.1 Å². The Bertz CT molecular complexity index is 1310. The van der Waals surface area contributed by atoms with E-state index in [1.165, 1.54) is 5.56 Å². The fourth-order valence-corrected chi connectivity index (χ4v) is 5.91. The van der Waals surface area contributed by atoms with E-state index in [0.717, 1.165) is 64.1 Å². The summed E-state index contributed by atoms with van der Waals surface area (Å²) in [6.45, 7) is 6.24. The van der Waals surface area contributed by atoms with Crippen LogP contribution in [0.1, 0.15) is 62.6 Å². The highest BCUT2D eigenvalue weighted by molar-refractivity contribution is 5.89. The Morgan fingerprint density at radius 2 is 2.05 bits per heavy atom. The average molecular weight is 569 g/mol. The van der Waals surface area contributed by atoms with Crippen LogP contribution in [0, 0.1) is 0 Å². The minimum atomic E-state index is -1.25. The van der Waals surface area contributed by atoms with Crippen molar-refractivity contribution in [3.8, 4) is 5.75 Å². The molecule has 0 saturated carbocycles. The highest BCUT2D eigenvalue weighted by Gasteiger charge is 2.29. The van der Waals surface area contributed by atoms with Crippen molar-refractivity contribution in [3.63, 3.8) is 0 Å². The van der Waals surface area contributed by atoms with Gasteiger partial charge in [0.05, 0.1) is 26.5 Å². The number of aromatic nitrogens is 5. The Hall–Kier alpha value is -3.55. The summed E-state index contributed by atoms with van der Waals surface area (Å²) < 4.78 is 13.1. The van der Waals surface area contributed by atoms with Crippen LogP contribution in [0.3, 0.4) is 0 Å². The Labute approximate surface area is 239 Å². The lowest BCUT2D eigenvalue weighted by Gasteiger charge is -2.35. The summed E-state index contributed by atoms with van der Waals surface area (Å²) in [7, 11) is 1.65. The van der Waals surface area contributed by atoms with E-state index in [1.807, 2.05) is 6.20 Å². The number of nitrogens with zero attached hydrogens (tertiary/aromatic N) is 6. The predicted molar refractivity (Wildman–Crippen MR) is 154 cm³/mol. The molecule has 222 valence electrons. The first-order chi connectivity index (χ1) is 20.0. The lowest BCUT2D eigenvalue weighted by atomic mass is 9.89. The van der Waals surface area contributed by atoms with Crippen molar-refractivity contribution in [2.75, 3.05) is 50.7 Å². The standard InChI is InChI=1S/C28H40N8O5/c1-3-4-20(7-11-37)31-26-25-22(32-27(33-26)34-28(38)39)15-30-36(25)16-23-24(40-2)13-19(14-29-23)18-5-9-35(10-6-18)21-8-12-41-17-21/h13-15,18,20-21,37H,3-12,16-17H2,1-2H3,(H,38,39)(H2,31,32,33,34). The molecule has 5 rings (SSSR count). The number of piperidine rings is 1. The lowest BCUT2D eigenvalue weighted by molar-refractivity contribution is 0.122. The number of aliphatic hydroxyl groups excluding tert-OH is 1. The number of carboxylic acid groups (broad SMARTS) is 1. The van der Waals surface area contributed by atoms with Gasteiger partial charge in [0, 0.05) is 31.5 Å². The second kappa shape index (κ2) is 13.4. The number of likely N-dealkylation sites (tertiary alicyclic amines) is 1. The number of anilines is 2. The summed E-state index contributed by atoms with van der Waals surface area (Å²) in [5, 5.41) is 28.9. The third kappa shape index (κ3) is 6.85. The van der Waals surface area contributed by atoms with E-state index in [0.29, 0.717) is 47.5 Å². The second-order valence-electron chi connectivity index (χ2n) is 10.7. The van der Waals surface area contributed by atoms with E-state index in [1.54, 1.807) is 18.0 Å². The zero-order valence-corrected chi connectivity index (χ0v) is 23.8. The van der Waals surface area contributed by atoms with Gasteiger partial charge in [0.25, 0.3) is 0 Å². The van der Waals surface area contributed by atoms with Crippen LogP contribution in [-0.2, 0) is 11.3 Å². The Kier molecular flexibility index (Phi) is 9.47. The fraction of sp³-hybridized carbons (Fsp3) is 0.607. The first-order valence-corrected chi connectivity index (χ1v) is 14.4. The van der Waals surface area contributed by atoms with Crippen molar-refractivity contribution in [2.24, 2.45) is 0 Å². The van der Waals surface area contributed by atoms with Gasteiger partial charge in [0.2, 0.25) is 5.95 Å². The van der Waals surface area contributed by atoms with Gasteiger partial charge in [-0.25, -0.2) is 9.78 Å². The van der Waals surface area contributed by atoms with Gasteiger partial charge < -0.3 is 25.0 Å². The minimum Gasteiger partial charge on any atom is -0.495 e. The summed E-state index contributed by atoms with van der Waals surface area (Å²) in [6.07, 6.45) is 7.81. The molecule has 2 fully saturated rings. The molecule has 2 aliphatic rings. The van der Waals surface area contributed by atoms with Gasteiger partial charge in [-0.3, -0.25) is 19.9 Å². The molecule has 2 saturated heterocycles. The Morgan fingerprint density at radius 1 is 1.22 bits per heavy atom. The van der Waals surface area contributed by atoms with Crippen LogP contribution < -0.4 is 15.4 Å². The number of aliphatic hydroxyl groups is 1. The van der Waals surface area contributed by atoms with Crippen LogP contribution in [0.4, 0.5) is 16.6 Å². The summed E-state index contributed by atoms with van der Waals surface area (Å²) in [5.41, 5.74) is 3.01. The highest BCUT2D eigenvalue weighted by atomic mass is 16.5. The number of carbonyl (C=O) groups is 1. The van der Waals surface area contributed by atoms with Crippen LogP contribution in [0.2, 0.25) is 0 Å². The molecule has 0 aliphatic carbocycles. The van der Waals surface area contributed by atoms with E-state index in [4.69, 9.17) is 14.5 Å². The molecule has 13 heteroatoms. The molecular weight excluding hydrogens is 528 g/mol. The van der Waals surface area contributed by atoms with Crippen molar-refractivity contribution in [1.29, 1.82) is 0 Å². The van der Waals surface area contributed by atoms with Crippen LogP contribution >= 0.6 is 0 Å². The molecule has 0 spiro atoms. The van der Waals surface area contributed by atoms with Crippen molar-refractivity contribution in [3.05, 3.63) is 29.7 Å². The average Bonchev–Trinajstić information content (AvgIpc) is 3.64. The van der Waals surface area contributed by atoms with E-state index in [-0.39, 0.29) is 18.6 Å². The topological polar surface area (TPSA) is 160 Å². The first kappa shape index (κ1) is 29.0. The molecule has 5 heterocycles. The number of rotatable bonds is 12. The third-order valence-electron chi connectivity index (χ3n) is 8.06. The smallest absolute Gasteiger partial charge is 0.411 e. The molecule has 41 heavy (non-hydrogen) atoms. The van der Waals surface area contributed by atoms with Crippen molar-refractivity contribution >= 4 is 28.9 Å². The number of nitrogens with one attached hydrogen (secondary N) is 2. The SMILES string of the molecule is CCCC(CCO)Nc1nc(NC(=O)O)nc2cnn(Cc3ncc(C4CCN(C5CCOC5)CC4)cc3OC)c12. The maximum atomic E-state index is 11.3. The van der Waals surface area contributed by atoms with E-state index in [9.17, 15) is 15.0 Å². The van der Waals surface area contributed by atoms with E-state index in [2.05, 4.69) is 43.6 Å². The molecule has 13 nitrogen and oxygen atoms in total. The monoisotopic (exact) mass is 568 g/mol. The van der Waals surface area contributed by atoms with Crippen LogP contribution in [-0.4, -0.2) is 98.0 Å². The molecule has 0 radical (unpaired) electrons. The van der Waals surface area contributed by atoms with Crippen LogP contribution in [0.25, 0.3) is 11.0 Å². The van der Waals surface area contributed by atoms with Gasteiger partial charge in [-0.05, 0) is 62.7 Å². The molecule has 2 unspecified atom stereocenters. The summed E-state index contributed by atoms with van der Waals surface area (Å²) >= 11 is 0. The summed E-state index contributed by atoms with van der Waals surface area (Å²) in [4.78, 5) is 27.4. The molecular formula is C28H40N8O5. The zero-order chi connectivity index (χ0) is 28.8. The number of amides is 1. The number of methoxy groups -OCH3 is 1. The van der Waals surface area contributed by atoms with Crippen molar-refractivity contribution < 1.29 is 24.5 Å². The molecule has 1 amide bonds. The number of hydrogen-bond donors (Lipinski definition) is 4. The van der Waals surface area contributed by atoms with Gasteiger partial charge in [0.15, 0.2) is 5.82 Å². The molecule has 0 bridgehead atoms. The number of pyridine rings is 1. The van der Waals surface area contributed by atoms with Crippen LogP contribution in [0.5, 0.6) is 5.75 Å². The molecule has 3 aromatic heterocycles. The van der Waals surface area contributed by atoms with Crippen LogP contribution in [0.15, 0.2) is 18.5 Å². The number of fused-ring (bicyclic) bond motifs is 1. The second-order valence-corrected chi connectivity index (χ2v) is 10.7. The van der Waals surface area contributed by atoms with Crippen molar-refractivity contribution in [2.45, 2.75) is 70.0 Å². The van der Waals surface area contributed by atoms with Gasteiger partial charge in [-0.1, -0.05) is 13.3 Å². The van der Waals surface area contributed by atoms with E-state index >= 15 is 0 Å². The summed E-state index contributed by atoms with van der Waals surface area (Å²) in [5.74, 6) is 1.53. The number of ether oxygens (including phenoxy) is 2. The first-order valence-electron chi connectivity index (χ1n) is 14.4. The highest BCUT2D eigenvalue weighted by Crippen LogP contribution is 2.33. The predicted octanol–water partition coefficient (Wildman–Crippen LogP) is 3.30. The summed E-state index contributed by atoms with van der Waals surface area (Å²) in [6, 6.07) is 2.59. The van der Waals surface area contributed by atoms with E-state index < -0.39 is 6.09 Å². The fourth-order valence-electron chi connectivity index (χ4n) is 5.91. The Balaban J connectivity index is 1.38. The molecule has 3 aromatic rings. The largest absolute Gasteiger partial charge is 0.495 e. The maximum Gasteiger partial charge on any atom is 0.411 e. The van der Waals surface area contributed by atoms with Gasteiger partial charge in [-0.15, -0.1) is 0 Å². The maximum absolute atomic E-state index is 11.3. The quantitative estimate of drug-likeness (QED) is 0.254. The van der Waals surface area contributed by atoms with Gasteiger partial charge in [0.1, 0.15) is 22.5 Å². The molecule has 4 N–H and O–H groups in total. The molecule has 0 aromatic carbocycles.